The van der Waals surface area contributed by atoms with Crippen LogP contribution >= 0.6 is 0 Å². The average Bonchev–Trinajstić information content (AvgIpc) is 2.24. The molecule has 15 heavy (non-hydrogen) atoms. The van der Waals surface area contributed by atoms with Gasteiger partial charge in [0.25, 0.3) is 0 Å². The summed E-state index contributed by atoms with van der Waals surface area (Å²) in [5, 5.41) is 6.39. The number of nitrogens with two attached hydrogens (primary N) is 2. The predicted octanol–water partition coefficient (Wildman–Crippen LogP) is -0.125. The minimum absolute atomic E-state index is 0.176. The summed E-state index contributed by atoms with van der Waals surface area (Å²) in [6, 6.07) is 0. The number of guanidine groups is 1. The third-order valence-electron chi connectivity index (χ3n) is 1.59. The van der Waals surface area contributed by atoms with Gasteiger partial charge >= 0.3 is 0 Å². The van der Waals surface area contributed by atoms with Crippen LogP contribution in [-0.2, 0) is 0 Å². The number of nitrogens with zero attached hydrogens (tertiary/aromatic N) is 1. The van der Waals surface area contributed by atoms with Crippen LogP contribution in [0, 0.1) is 0 Å². The zero-order chi connectivity index (χ0) is 11.9. The maximum Gasteiger partial charge on any atom is 0.185 e. The van der Waals surface area contributed by atoms with Crippen molar-refractivity contribution in [2.45, 2.75) is 26.7 Å². The summed E-state index contributed by atoms with van der Waals surface area (Å²) >= 11 is 0. The number of rotatable bonds is 8. The van der Waals surface area contributed by atoms with E-state index in [2.05, 4.69) is 15.6 Å². The van der Waals surface area contributed by atoms with E-state index < -0.39 is 0 Å². The van der Waals surface area contributed by atoms with Crippen molar-refractivity contribution in [1.29, 1.82) is 0 Å². The van der Waals surface area contributed by atoms with Gasteiger partial charge in [0.2, 0.25) is 0 Å². The SMILES string of the molecule is CC.CNCCCNCCCN=C(N)N. The highest BCUT2D eigenvalue weighted by molar-refractivity contribution is 5.75. The first-order valence-corrected chi connectivity index (χ1v) is 5.68. The van der Waals surface area contributed by atoms with Gasteiger partial charge in [-0.3, -0.25) is 4.99 Å². The third kappa shape index (κ3) is 19.6. The number of hydrogen-bond acceptors (Lipinski definition) is 3. The van der Waals surface area contributed by atoms with Crippen LogP contribution < -0.4 is 22.1 Å². The molecule has 92 valence electrons. The fourth-order valence-corrected chi connectivity index (χ4v) is 0.927. The van der Waals surface area contributed by atoms with Crippen molar-refractivity contribution in [2.75, 3.05) is 33.2 Å². The second-order valence-electron chi connectivity index (χ2n) is 2.87. The quantitative estimate of drug-likeness (QED) is 0.259. The van der Waals surface area contributed by atoms with E-state index in [0.29, 0.717) is 6.54 Å². The summed E-state index contributed by atoms with van der Waals surface area (Å²) in [5.74, 6) is 0.176. The fourth-order valence-electron chi connectivity index (χ4n) is 0.927. The summed E-state index contributed by atoms with van der Waals surface area (Å²) in [7, 11) is 1.96. The predicted molar refractivity (Wildman–Crippen MR) is 68.1 cm³/mol. The summed E-state index contributed by atoms with van der Waals surface area (Å²) < 4.78 is 0. The molecule has 0 saturated carbocycles. The van der Waals surface area contributed by atoms with Gasteiger partial charge in [-0.25, -0.2) is 0 Å². The summed E-state index contributed by atoms with van der Waals surface area (Å²) in [6.07, 6.45) is 2.14. The molecule has 6 N–H and O–H groups in total. The molecule has 0 fully saturated rings. The van der Waals surface area contributed by atoms with Crippen molar-refractivity contribution in [3.05, 3.63) is 0 Å². The summed E-state index contributed by atoms with van der Waals surface area (Å²) in [5.41, 5.74) is 10.3. The molecule has 5 nitrogen and oxygen atoms in total. The topological polar surface area (TPSA) is 88.5 Å². The Balaban J connectivity index is 0. The van der Waals surface area contributed by atoms with Crippen molar-refractivity contribution in [1.82, 2.24) is 10.6 Å². The van der Waals surface area contributed by atoms with Crippen molar-refractivity contribution in [3.8, 4) is 0 Å². The summed E-state index contributed by atoms with van der Waals surface area (Å²) in [6.45, 7) is 7.78. The van der Waals surface area contributed by atoms with Crippen LogP contribution in [0.4, 0.5) is 0 Å². The summed E-state index contributed by atoms with van der Waals surface area (Å²) in [4.78, 5) is 3.88. The van der Waals surface area contributed by atoms with Gasteiger partial charge in [0.15, 0.2) is 5.96 Å². The molecule has 0 aromatic carbocycles. The van der Waals surface area contributed by atoms with Crippen LogP contribution in [0.25, 0.3) is 0 Å². The van der Waals surface area contributed by atoms with E-state index in [1.54, 1.807) is 0 Å². The van der Waals surface area contributed by atoms with Gasteiger partial charge < -0.3 is 22.1 Å². The lowest BCUT2D eigenvalue weighted by atomic mass is 10.4. The lowest BCUT2D eigenvalue weighted by molar-refractivity contribution is 0.610. The van der Waals surface area contributed by atoms with E-state index in [1.807, 2.05) is 20.9 Å². The molecule has 0 amide bonds. The van der Waals surface area contributed by atoms with Gasteiger partial charge in [0.1, 0.15) is 0 Å². The molecule has 0 aliphatic heterocycles. The molecule has 0 spiro atoms. The van der Waals surface area contributed by atoms with E-state index in [9.17, 15) is 0 Å². The molecule has 0 unspecified atom stereocenters. The van der Waals surface area contributed by atoms with E-state index in [4.69, 9.17) is 11.5 Å². The van der Waals surface area contributed by atoms with Gasteiger partial charge in [0.05, 0.1) is 0 Å². The van der Waals surface area contributed by atoms with Crippen molar-refractivity contribution in [3.63, 3.8) is 0 Å². The first-order valence-electron chi connectivity index (χ1n) is 5.68. The molecule has 0 saturated heterocycles. The molecule has 5 heteroatoms. The minimum atomic E-state index is 0.176. The van der Waals surface area contributed by atoms with Gasteiger partial charge in [-0.05, 0) is 39.5 Å². The Morgan fingerprint density at radius 2 is 1.67 bits per heavy atom. The molecule has 0 bridgehead atoms. The Hall–Kier alpha value is -0.810. The Bertz CT molecular complexity index is 132. The largest absolute Gasteiger partial charge is 0.370 e. The van der Waals surface area contributed by atoms with Crippen molar-refractivity contribution >= 4 is 5.96 Å². The molecular formula is C10H27N5. The Morgan fingerprint density at radius 1 is 1.07 bits per heavy atom. The average molecular weight is 217 g/mol. The van der Waals surface area contributed by atoms with Gasteiger partial charge in [-0.1, -0.05) is 13.8 Å². The second kappa shape index (κ2) is 15.7. The molecule has 0 aromatic heterocycles. The van der Waals surface area contributed by atoms with Crippen LogP contribution in [0.2, 0.25) is 0 Å². The standard InChI is InChI=1S/C8H21N5.C2H6/c1-11-4-2-5-12-6-3-7-13-8(9)10;1-2/h11-12H,2-7H2,1H3,(H4,9,10,13);1-2H3. The van der Waals surface area contributed by atoms with Crippen LogP contribution in [0.15, 0.2) is 4.99 Å². The third-order valence-corrected chi connectivity index (χ3v) is 1.59. The molecule has 0 radical (unpaired) electrons. The maximum absolute atomic E-state index is 5.17. The molecular weight excluding hydrogens is 190 g/mol. The molecule has 0 aliphatic carbocycles. The highest BCUT2D eigenvalue weighted by atomic mass is 15.0. The Labute approximate surface area is 93.7 Å². The van der Waals surface area contributed by atoms with E-state index in [-0.39, 0.29) is 5.96 Å². The maximum atomic E-state index is 5.17. The van der Waals surface area contributed by atoms with E-state index in [1.165, 1.54) is 0 Å². The highest BCUT2D eigenvalue weighted by Gasteiger charge is 1.87. The normalized spacial score (nSPS) is 9.00. The Kier molecular flexibility index (Phi) is 17.3. The van der Waals surface area contributed by atoms with Gasteiger partial charge in [-0.15, -0.1) is 0 Å². The monoisotopic (exact) mass is 217 g/mol. The molecule has 0 atom stereocenters. The zero-order valence-corrected chi connectivity index (χ0v) is 10.3. The first kappa shape index (κ1) is 16.6. The van der Waals surface area contributed by atoms with Crippen molar-refractivity contribution < 1.29 is 0 Å². The van der Waals surface area contributed by atoms with Crippen LogP contribution in [0.5, 0.6) is 0 Å². The van der Waals surface area contributed by atoms with Crippen LogP contribution in [0.1, 0.15) is 26.7 Å². The molecule has 0 heterocycles. The molecule has 0 aromatic rings. The van der Waals surface area contributed by atoms with Crippen LogP contribution in [0.3, 0.4) is 0 Å². The van der Waals surface area contributed by atoms with Crippen molar-refractivity contribution in [2.24, 2.45) is 16.5 Å². The fraction of sp³-hybridized carbons (Fsp3) is 0.900. The van der Waals surface area contributed by atoms with Gasteiger partial charge in [-0.2, -0.15) is 0 Å². The Morgan fingerprint density at radius 3 is 2.20 bits per heavy atom. The second-order valence-corrected chi connectivity index (χ2v) is 2.87. The number of hydrogen-bond donors (Lipinski definition) is 4. The van der Waals surface area contributed by atoms with E-state index >= 15 is 0 Å². The zero-order valence-electron chi connectivity index (χ0n) is 10.3. The lowest BCUT2D eigenvalue weighted by Gasteiger charge is -2.02. The number of aliphatic imine (C=N–C) groups is 1. The smallest absolute Gasteiger partial charge is 0.185 e. The molecule has 0 rings (SSSR count). The number of nitrogens with one attached hydrogen (secondary N) is 2. The lowest BCUT2D eigenvalue weighted by Crippen LogP contribution is -2.24. The van der Waals surface area contributed by atoms with Gasteiger partial charge in [0, 0.05) is 6.54 Å². The van der Waals surface area contributed by atoms with Crippen LogP contribution in [-0.4, -0.2) is 39.2 Å². The van der Waals surface area contributed by atoms with E-state index in [0.717, 1.165) is 32.5 Å². The highest BCUT2D eigenvalue weighted by Crippen LogP contribution is 1.79. The minimum Gasteiger partial charge on any atom is -0.370 e. The first-order chi connectivity index (χ1) is 7.27. The molecule has 0 aliphatic rings.